The Morgan fingerprint density at radius 3 is 1.94 bits per heavy atom. The molecule has 0 aromatic rings. The Balaban J connectivity index is 0.00000289. The molecular formula is C13H22NNaO3. The van der Waals surface area contributed by atoms with Crippen LogP contribution in [-0.2, 0) is 4.74 Å². The van der Waals surface area contributed by atoms with Crippen LogP contribution >= 0.6 is 0 Å². The number of hydrogen-bond acceptors (Lipinski definition) is 3. The van der Waals surface area contributed by atoms with Crippen LogP contribution in [0.25, 0.3) is 0 Å². The summed E-state index contributed by atoms with van der Waals surface area (Å²) in [5, 5.41) is 11.8. The minimum atomic E-state index is -0.929. The fourth-order valence-corrected chi connectivity index (χ4v) is 2.18. The predicted octanol–water partition coefficient (Wildman–Crippen LogP) is -0.201. The third kappa shape index (κ3) is 4.90. The zero-order valence-electron chi connectivity index (χ0n) is 11.8. The first-order valence-electron chi connectivity index (χ1n) is 6.64. The van der Waals surface area contributed by atoms with E-state index in [9.17, 15) is 9.90 Å². The number of unbranched alkanes of at least 4 members (excludes halogenated alkanes) is 4. The van der Waals surface area contributed by atoms with Crippen molar-refractivity contribution in [2.75, 3.05) is 0 Å². The van der Waals surface area contributed by atoms with Crippen LogP contribution in [0.1, 0.15) is 65.2 Å². The number of aliphatic imine (C=N–C) groups is 1. The minimum Gasteiger partial charge on any atom is -0.859 e. The van der Waals surface area contributed by atoms with Crippen molar-refractivity contribution in [1.82, 2.24) is 0 Å². The van der Waals surface area contributed by atoms with Gasteiger partial charge in [-0.05, 0) is 25.7 Å². The number of rotatable bonds is 8. The van der Waals surface area contributed by atoms with Crippen LogP contribution in [-0.4, -0.2) is 17.6 Å². The maximum Gasteiger partial charge on any atom is 1.00 e. The average molecular weight is 263 g/mol. The van der Waals surface area contributed by atoms with Crippen molar-refractivity contribution in [2.45, 2.75) is 70.8 Å². The number of carbonyl (C=O) groups is 1. The van der Waals surface area contributed by atoms with Gasteiger partial charge in [0.25, 0.3) is 0 Å². The monoisotopic (exact) mass is 263 g/mol. The van der Waals surface area contributed by atoms with Crippen LogP contribution in [0.5, 0.6) is 0 Å². The fourth-order valence-electron chi connectivity index (χ4n) is 2.18. The number of nitrogens with zero attached hydrogens (tertiary/aromatic N) is 1. The molecule has 0 bridgehead atoms. The third-order valence-corrected chi connectivity index (χ3v) is 3.23. The van der Waals surface area contributed by atoms with E-state index in [1.165, 1.54) is 0 Å². The molecule has 0 atom stereocenters. The smallest absolute Gasteiger partial charge is 0.859 e. The molecule has 1 heterocycles. The van der Waals surface area contributed by atoms with Gasteiger partial charge in [-0.25, -0.2) is 4.79 Å². The number of ether oxygens (including phenoxy) is 1. The van der Waals surface area contributed by atoms with E-state index in [0.29, 0.717) is 12.8 Å². The van der Waals surface area contributed by atoms with Gasteiger partial charge < -0.3 is 9.84 Å². The zero-order chi connectivity index (χ0) is 12.7. The van der Waals surface area contributed by atoms with Crippen LogP contribution in [0.3, 0.4) is 0 Å². The van der Waals surface area contributed by atoms with Crippen LogP contribution in [0.15, 0.2) is 4.99 Å². The summed E-state index contributed by atoms with van der Waals surface area (Å²) in [5.74, 6) is -0.366. The molecule has 0 aromatic heterocycles. The molecule has 0 saturated carbocycles. The van der Waals surface area contributed by atoms with Crippen molar-refractivity contribution in [1.29, 1.82) is 0 Å². The van der Waals surface area contributed by atoms with E-state index in [4.69, 9.17) is 4.74 Å². The van der Waals surface area contributed by atoms with E-state index in [2.05, 4.69) is 18.8 Å². The van der Waals surface area contributed by atoms with Gasteiger partial charge in [0.15, 0.2) is 0 Å². The van der Waals surface area contributed by atoms with Crippen LogP contribution in [0.2, 0.25) is 0 Å². The Morgan fingerprint density at radius 1 is 1.11 bits per heavy atom. The molecule has 1 rings (SSSR count). The van der Waals surface area contributed by atoms with Crippen LogP contribution in [0, 0.1) is 0 Å². The molecule has 0 saturated heterocycles. The quantitative estimate of drug-likeness (QED) is 0.450. The largest absolute Gasteiger partial charge is 1.00 e. The summed E-state index contributed by atoms with van der Waals surface area (Å²) in [6.45, 7) is 4.22. The Morgan fingerprint density at radius 2 is 1.61 bits per heavy atom. The molecule has 98 valence electrons. The van der Waals surface area contributed by atoms with Gasteiger partial charge in [-0.15, -0.1) is 0 Å². The fraction of sp³-hybridized carbons (Fsp3) is 0.846. The topological polar surface area (TPSA) is 61.7 Å². The molecular weight excluding hydrogens is 241 g/mol. The second kappa shape index (κ2) is 8.94. The summed E-state index contributed by atoms with van der Waals surface area (Å²) in [7, 11) is 0. The number of carbonyl (C=O) groups excluding carboxylic acids is 1. The molecule has 0 fully saturated rings. The molecule has 0 unspecified atom stereocenters. The number of cyclic esters (lactones) is 1. The van der Waals surface area contributed by atoms with E-state index in [-0.39, 0.29) is 35.5 Å². The maximum atomic E-state index is 11.8. The van der Waals surface area contributed by atoms with Gasteiger partial charge in [0.05, 0.1) is 0 Å². The van der Waals surface area contributed by atoms with Crippen molar-refractivity contribution in [3.05, 3.63) is 0 Å². The maximum absolute atomic E-state index is 11.8. The summed E-state index contributed by atoms with van der Waals surface area (Å²) in [5.41, 5.74) is -0.929. The van der Waals surface area contributed by atoms with Gasteiger partial charge in [0.1, 0.15) is 5.60 Å². The summed E-state index contributed by atoms with van der Waals surface area (Å²) in [4.78, 5) is 14.5. The first kappa shape index (κ1) is 17.9. The Bertz CT molecular complexity index is 282. The molecule has 0 spiro atoms. The molecule has 5 heteroatoms. The summed E-state index contributed by atoms with van der Waals surface area (Å²) in [6.07, 6.45) is 6.66. The van der Waals surface area contributed by atoms with Crippen molar-refractivity contribution in [3.8, 4) is 0 Å². The number of hydrogen-bond donors (Lipinski definition) is 0. The van der Waals surface area contributed by atoms with Crippen molar-refractivity contribution >= 4 is 12.0 Å². The van der Waals surface area contributed by atoms with Gasteiger partial charge in [-0.2, -0.15) is 4.99 Å². The molecule has 1 aliphatic rings. The molecule has 4 nitrogen and oxygen atoms in total. The van der Waals surface area contributed by atoms with E-state index in [0.717, 1.165) is 38.5 Å². The standard InChI is InChI=1S/C13H23NO3.Na/c1-3-5-7-9-13(10-8-6-4-2)11(15)14-12(16)17-13;/h3-10H2,1-2H3,(H,14,15,16);/q;+1/p-1. The van der Waals surface area contributed by atoms with Gasteiger partial charge in [0, 0.05) is 5.90 Å². The third-order valence-electron chi connectivity index (χ3n) is 3.23. The van der Waals surface area contributed by atoms with Crippen molar-refractivity contribution in [2.24, 2.45) is 4.99 Å². The van der Waals surface area contributed by atoms with Gasteiger partial charge in [-0.3, -0.25) is 0 Å². The van der Waals surface area contributed by atoms with Gasteiger partial charge in [-0.1, -0.05) is 39.5 Å². The van der Waals surface area contributed by atoms with Crippen molar-refractivity contribution < 1.29 is 44.2 Å². The molecule has 1 amide bonds. The van der Waals surface area contributed by atoms with E-state index in [1.807, 2.05) is 0 Å². The van der Waals surface area contributed by atoms with Crippen LogP contribution in [0.4, 0.5) is 4.79 Å². The second-order valence-corrected chi connectivity index (χ2v) is 4.69. The van der Waals surface area contributed by atoms with E-state index < -0.39 is 11.7 Å². The molecule has 0 aromatic carbocycles. The van der Waals surface area contributed by atoms with Gasteiger partial charge in [0.2, 0.25) is 0 Å². The first-order valence-corrected chi connectivity index (χ1v) is 6.64. The van der Waals surface area contributed by atoms with E-state index >= 15 is 0 Å². The molecule has 0 N–H and O–H groups in total. The Labute approximate surface area is 131 Å². The molecule has 1 aliphatic heterocycles. The molecule has 0 aliphatic carbocycles. The predicted molar refractivity (Wildman–Crippen MR) is 64.9 cm³/mol. The SMILES string of the molecule is CCCCCC1(CCCCC)OC(=O)N=C1[O-].[Na+]. The Kier molecular flexibility index (Phi) is 8.91. The van der Waals surface area contributed by atoms with E-state index in [1.54, 1.807) is 0 Å². The average Bonchev–Trinajstić information content (AvgIpc) is 2.55. The number of amides is 1. The summed E-state index contributed by atoms with van der Waals surface area (Å²) >= 11 is 0. The normalized spacial score (nSPS) is 17.0. The van der Waals surface area contributed by atoms with Gasteiger partial charge >= 0.3 is 35.7 Å². The first-order chi connectivity index (χ1) is 8.14. The summed E-state index contributed by atoms with van der Waals surface area (Å²) < 4.78 is 5.20. The minimum absolute atomic E-state index is 0. The summed E-state index contributed by atoms with van der Waals surface area (Å²) in [6, 6.07) is 0. The van der Waals surface area contributed by atoms with Crippen molar-refractivity contribution in [3.63, 3.8) is 0 Å². The second-order valence-electron chi connectivity index (χ2n) is 4.69. The zero-order valence-corrected chi connectivity index (χ0v) is 13.8. The molecule has 18 heavy (non-hydrogen) atoms. The molecule has 0 radical (unpaired) electrons. The Hall–Kier alpha value is -0.0600. The van der Waals surface area contributed by atoms with Crippen LogP contribution < -0.4 is 34.7 Å².